The second kappa shape index (κ2) is 5.54. The fourth-order valence-corrected chi connectivity index (χ4v) is 1.25. The lowest BCUT2D eigenvalue weighted by atomic mass is 10.0. The molecule has 0 saturated carbocycles. The van der Waals surface area contributed by atoms with Crippen LogP contribution in [-0.2, 0) is 4.79 Å². The molecular formula is C11H14FN3O3. The van der Waals surface area contributed by atoms with Crippen LogP contribution in [0.4, 0.5) is 15.8 Å². The van der Waals surface area contributed by atoms with Crippen molar-refractivity contribution in [3.05, 3.63) is 34.1 Å². The summed E-state index contributed by atoms with van der Waals surface area (Å²) >= 11 is 0. The van der Waals surface area contributed by atoms with E-state index < -0.39 is 28.3 Å². The Morgan fingerprint density at radius 2 is 2.06 bits per heavy atom. The summed E-state index contributed by atoms with van der Waals surface area (Å²) in [6.45, 7) is 3.28. The second-order valence-corrected chi connectivity index (χ2v) is 4.09. The normalized spacial score (nSPS) is 13.8. The highest BCUT2D eigenvalue weighted by Gasteiger charge is 2.18. The SMILES string of the molecule is CC(N)C(C)C(=O)Nc1cc(F)cc([N+](=O)[O-])c1. The predicted molar refractivity (Wildman–Crippen MR) is 64.5 cm³/mol. The van der Waals surface area contributed by atoms with Crippen LogP contribution < -0.4 is 11.1 Å². The lowest BCUT2D eigenvalue weighted by molar-refractivity contribution is -0.385. The van der Waals surface area contributed by atoms with Gasteiger partial charge < -0.3 is 11.1 Å². The highest BCUT2D eigenvalue weighted by Crippen LogP contribution is 2.20. The molecule has 1 amide bonds. The van der Waals surface area contributed by atoms with Crippen LogP contribution in [0.3, 0.4) is 0 Å². The van der Waals surface area contributed by atoms with E-state index in [0.29, 0.717) is 0 Å². The summed E-state index contributed by atoms with van der Waals surface area (Å²) in [5, 5.41) is 12.9. The fourth-order valence-electron chi connectivity index (χ4n) is 1.25. The van der Waals surface area contributed by atoms with E-state index in [-0.39, 0.29) is 11.7 Å². The first-order valence-electron chi connectivity index (χ1n) is 5.32. The Bertz CT molecular complexity index is 477. The van der Waals surface area contributed by atoms with Gasteiger partial charge in [-0.15, -0.1) is 0 Å². The molecule has 18 heavy (non-hydrogen) atoms. The van der Waals surface area contributed by atoms with E-state index >= 15 is 0 Å². The Morgan fingerprint density at radius 1 is 1.44 bits per heavy atom. The quantitative estimate of drug-likeness (QED) is 0.631. The first-order valence-corrected chi connectivity index (χ1v) is 5.32. The molecule has 3 N–H and O–H groups in total. The number of nitrogens with two attached hydrogens (primary N) is 1. The van der Waals surface area contributed by atoms with Gasteiger partial charge in [-0.25, -0.2) is 4.39 Å². The molecule has 0 aromatic heterocycles. The summed E-state index contributed by atoms with van der Waals surface area (Å²) in [5.41, 5.74) is 5.18. The van der Waals surface area contributed by atoms with Gasteiger partial charge in [0.2, 0.25) is 5.91 Å². The highest BCUT2D eigenvalue weighted by molar-refractivity contribution is 5.93. The summed E-state index contributed by atoms with van der Waals surface area (Å²) in [6.07, 6.45) is 0. The standard InChI is InChI=1S/C11H14FN3O3/c1-6(7(2)13)11(16)14-9-3-8(12)4-10(5-9)15(17)18/h3-7H,13H2,1-2H3,(H,14,16). The smallest absolute Gasteiger partial charge is 0.274 e. The molecule has 1 aromatic rings. The van der Waals surface area contributed by atoms with E-state index in [4.69, 9.17) is 5.73 Å². The lowest BCUT2D eigenvalue weighted by Gasteiger charge is -2.15. The zero-order chi connectivity index (χ0) is 13.9. The number of rotatable bonds is 4. The zero-order valence-electron chi connectivity index (χ0n) is 10.0. The predicted octanol–water partition coefficient (Wildman–Crippen LogP) is 1.66. The molecule has 2 unspecified atom stereocenters. The summed E-state index contributed by atoms with van der Waals surface area (Å²) in [5.74, 6) is -1.68. The molecule has 0 spiro atoms. The van der Waals surface area contributed by atoms with Crippen LogP contribution in [-0.4, -0.2) is 16.9 Å². The third-order valence-electron chi connectivity index (χ3n) is 2.56. The third-order valence-corrected chi connectivity index (χ3v) is 2.56. The molecule has 0 aliphatic heterocycles. The number of amides is 1. The molecule has 0 aliphatic rings. The van der Waals surface area contributed by atoms with Crippen molar-refractivity contribution >= 4 is 17.3 Å². The Labute approximate surface area is 103 Å². The van der Waals surface area contributed by atoms with Gasteiger partial charge >= 0.3 is 0 Å². The van der Waals surface area contributed by atoms with Crippen molar-refractivity contribution < 1.29 is 14.1 Å². The number of benzene rings is 1. The number of carbonyl (C=O) groups is 1. The minimum Gasteiger partial charge on any atom is -0.327 e. The number of nitro groups is 1. The Morgan fingerprint density at radius 3 is 2.56 bits per heavy atom. The molecule has 6 nitrogen and oxygen atoms in total. The summed E-state index contributed by atoms with van der Waals surface area (Å²) in [7, 11) is 0. The molecular weight excluding hydrogens is 241 g/mol. The van der Waals surface area contributed by atoms with Crippen LogP contribution in [0.2, 0.25) is 0 Å². The molecule has 98 valence electrons. The van der Waals surface area contributed by atoms with Crippen LogP contribution in [0.25, 0.3) is 0 Å². The highest BCUT2D eigenvalue weighted by atomic mass is 19.1. The average molecular weight is 255 g/mol. The lowest BCUT2D eigenvalue weighted by Crippen LogP contribution is -2.34. The third kappa shape index (κ3) is 3.49. The van der Waals surface area contributed by atoms with E-state index in [2.05, 4.69) is 5.32 Å². The number of hydrogen-bond acceptors (Lipinski definition) is 4. The maximum Gasteiger partial charge on any atom is 0.274 e. The first kappa shape index (κ1) is 14.0. The Kier molecular flexibility index (Phi) is 4.33. The van der Waals surface area contributed by atoms with Gasteiger partial charge in [0, 0.05) is 12.1 Å². The van der Waals surface area contributed by atoms with Crippen molar-refractivity contribution in [2.45, 2.75) is 19.9 Å². The molecule has 2 atom stereocenters. The van der Waals surface area contributed by atoms with E-state index in [1.807, 2.05) is 0 Å². The van der Waals surface area contributed by atoms with Gasteiger partial charge in [-0.05, 0) is 13.0 Å². The number of carbonyl (C=O) groups excluding carboxylic acids is 1. The molecule has 1 aromatic carbocycles. The van der Waals surface area contributed by atoms with Crippen molar-refractivity contribution in [2.75, 3.05) is 5.32 Å². The number of halogens is 1. The topological polar surface area (TPSA) is 98.3 Å². The summed E-state index contributed by atoms with van der Waals surface area (Å²) in [6, 6.07) is 2.52. The first-order chi connectivity index (χ1) is 8.31. The van der Waals surface area contributed by atoms with Gasteiger partial charge in [0.15, 0.2) is 0 Å². The zero-order valence-corrected chi connectivity index (χ0v) is 10.0. The van der Waals surface area contributed by atoms with Gasteiger partial charge in [0.25, 0.3) is 5.69 Å². The van der Waals surface area contributed by atoms with Gasteiger partial charge in [0.1, 0.15) is 5.82 Å². The molecule has 0 radical (unpaired) electrons. The molecule has 0 bridgehead atoms. The fraction of sp³-hybridized carbons (Fsp3) is 0.364. The van der Waals surface area contributed by atoms with Crippen LogP contribution in [0.15, 0.2) is 18.2 Å². The molecule has 0 fully saturated rings. The van der Waals surface area contributed by atoms with E-state index in [0.717, 1.165) is 18.2 Å². The van der Waals surface area contributed by atoms with Gasteiger partial charge in [-0.3, -0.25) is 14.9 Å². The molecule has 1 rings (SSSR count). The molecule has 7 heteroatoms. The van der Waals surface area contributed by atoms with Crippen LogP contribution in [0, 0.1) is 21.8 Å². The van der Waals surface area contributed by atoms with Crippen LogP contribution in [0.1, 0.15) is 13.8 Å². The molecule has 0 saturated heterocycles. The van der Waals surface area contributed by atoms with Crippen LogP contribution in [0.5, 0.6) is 0 Å². The summed E-state index contributed by atoms with van der Waals surface area (Å²) in [4.78, 5) is 21.5. The number of nitrogens with one attached hydrogen (secondary N) is 1. The number of nitro benzene ring substituents is 1. The monoisotopic (exact) mass is 255 g/mol. The number of nitrogens with zero attached hydrogens (tertiary/aromatic N) is 1. The maximum atomic E-state index is 13.1. The van der Waals surface area contributed by atoms with E-state index in [1.54, 1.807) is 13.8 Å². The number of non-ortho nitro benzene ring substituents is 1. The largest absolute Gasteiger partial charge is 0.327 e. The van der Waals surface area contributed by atoms with E-state index in [1.165, 1.54) is 0 Å². The summed E-state index contributed by atoms with van der Waals surface area (Å²) < 4.78 is 13.1. The van der Waals surface area contributed by atoms with Crippen LogP contribution >= 0.6 is 0 Å². The van der Waals surface area contributed by atoms with E-state index in [9.17, 15) is 19.3 Å². The minimum atomic E-state index is -0.784. The van der Waals surface area contributed by atoms with Crippen molar-refractivity contribution in [3.8, 4) is 0 Å². The van der Waals surface area contributed by atoms with Crippen molar-refractivity contribution in [1.29, 1.82) is 0 Å². The average Bonchev–Trinajstić information content (AvgIpc) is 2.26. The number of hydrogen-bond donors (Lipinski definition) is 2. The molecule has 0 heterocycles. The molecule has 0 aliphatic carbocycles. The van der Waals surface area contributed by atoms with Crippen molar-refractivity contribution in [1.82, 2.24) is 0 Å². The second-order valence-electron chi connectivity index (χ2n) is 4.09. The minimum absolute atomic E-state index is 0.0409. The maximum absolute atomic E-state index is 13.1. The number of anilines is 1. The van der Waals surface area contributed by atoms with Crippen molar-refractivity contribution in [2.24, 2.45) is 11.7 Å². The van der Waals surface area contributed by atoms with Gasteiger partial charge in [0.05, 0.1) is 22.6 Å². The Balaban J connectivity index is 2.91. The Hall–Kier alpha value is -2.02. The van der Waals surface area contributed by atoms with Gasteiger partial charge in [-0.1, -0.05) is 6.92 Å². The van der Waals surface area contributed by atoms with Gasteiger partial charge in [-0.2, -0.15) is 0 Å². The van der Waals surface area contributed by atoms with Crippen molar-refractivity contribution in [3.63, 3.8) is 0 Å².